The number of benzene rings is 1. The monoisotopic (exact) mass is 400 g/mol. The van der Waals surface area contributed by atoms with Crippen LogP contribution in [-0.2, 0) is 19.6 Å². The Labute approximate surface area is 160 Å². The summed E-state index contributed by atoms with van der Waals surface area (Å²) in [7, 11) is -3.58. The van der Waals surface area contributed by atoms with Crippen LogP contribution < -0.4 is 0 Å². The molecule has 1 amide bonds. The maximum atomic E-state index is 12.7. The smallest absolute Gasteiger partial charge is 0.248 e. The highest BCUT2D eigenvalue weighted by molar-refractivity contribution is 7.89. The summed E-state index contributed by atoms with van der Waals surface area (Å²) < 4.78 is 32.5. The van der Waals surface area contributed by atoms with E-state index in [0.717, 1.165) is 12.8 Å². The van der Waals surface area contributed by atoms with Gasteiger partial charge in [0.15, 0.2) is 0 Å². The molecule has 0 bridgehead atoms. The Morgan fingerprint density at radius 3 is 2.46 bits per heavy atom. The van der Waals surface area contributed by atoms with Crippen molar-refractivity contribution in [2.45, 2.75) is 43.1 Å². The van der Waals surface area contributed by atoms with Crippen molar-refractivity contribution in [3.63, 3.8) is 0 Å². The number of sulfonamides is 1. The minimum atomic E-state index is -3.58. The fourth-order valence-corrected chi connectivity index (χ4v) is 5.19. The second-order valence-corrected chi connectivity index (χ2v) is 9.19. The van der Waals surface area contributed by atoms with Crippen LogP contribution in [0.5, 0.6) is 0 Å². The molecular formula is C18H25ClN2O4S. The lowest BCUT2D eigenvalue weighted by atomic mass is 9.98. The normalized spacial score (nSPS) is 20.3. The number of carbonyl (C=O) groups is 1. The van der Waals surface area contributed by atoms with E-state index in [1.54, 1.807) is 17.0 Å². The molecule has 0 aromatic heterocycles. The molecule has 144 valence electrons. The van der Waals surface area contributed by atoms with Crippen LogP contribution in [0.25, 0.3) is 0 Å². The van der Waals surface area contributed by atoms with Crippen molar-refractivity contribution < 1.29 is 17.9 Å². The molecule has 3 rings (SSSR count). The van der Waals surface area contributed by atoms with Gasteiger partial charge in [-0.3, -0.25) is 4.79 Å². The Hall–Kier alpha value is -1.15. The van der Waals surface area contributed by atoms with Gasteiger partial charge in [-0.2, -0.15) is 4.31 Å². The summed E-state index contributed by atoms with van der Waals surface area (Å²) in [5, 5.41) is 0.389. The van der Waals surface area contributed by atoms with Crippen molar-refractivity contribution in [2.24, 2.45) is 0 Å². The fourth-order valence-electron chi connectivity index (χ4n) is 3.47. The van der Waals surface area contributed by atoms with Crippen molar-refractivity contribution in [1.29, 1.82) is 0 Å². The summed E-state index contributed by atoms with van der Waals surface area (Å²) >= 11 is 5.90. The number of hydrogen-bond donors (Lipinski definition) is 0. The molecule has 1 saturated heterocycles. The van der Waals surface area contributed by atoms with E-state index >= 15 is 0 Å². The van der Waals surface area contributed by atoms with Crippen LogP contribution >= 0.6 is 11.6 Å². The van der Waals surface area contributed by atoms with Gasteiger partial charge >= 0.3 is 0 Å². The Kier molecular flexibility index (Phi) is 6.55. The quantitative estimate of drug-likeness (QED) is 0.761. The second kappa shape index (κ2) is 8.69. The predicted molar refractivity (Wildman–Crippen MR) is 99.6 cm³/mol. The standard InChI is InChI=1S/C18H25ClN2O4S/c19-15-5-4-8-17(13-15)26(23,24)21-11-9-20(10-12-21)18(22)14-25-16-6-2-1-3-7-16/h4-5,8,13,16H,1-3,6-7,9-12,14H2. The average Bonchev–Trinajstić information content (AvgIpc) is 2.67. The Balaban J connectivity index is 1.51. The Morgan fingerprint density at radius 1 is 1.12 bits per heavy atom. The van der Waals surface area contributed by atoms with Crippen molar-refractivity contribution in [1.82, 2.24) is 9.21 Å². The molecule has 1 aliphatic heterocycles. The molecule has 1 aliphatic carbocycles. The number of amides is 1. The number of nitrogens with zero attached hydrogens (tertiary/aromatic N) is 2. The van der Waals surface area contributed by atoms with Crippen LogP contribution in [0.15, 0.2) is 29.2 Å². The summed E-state index contributed by atoms with van der Waals surface area (Å²) in [6, 6.07) is 6.25. The zero-order valence-corrected chi connectivity index (χ0v) is 16.3. The summed E-state index contributed by atoms with van der Waals surface area (Å²) in [6.07, 6.45) is 5.82. The van der Waals surface area contributed by atoms with Crippen LogP contribution in [0.2, 0.25) is 5.02 Å². The van der Waals surface area contributed by atoms with Gasteiger partial charge in [0.2, 0.25) is 15.9 Å². The van der Waals surface area contributed by atoms with E-state index in [1.807, 2.05) is 0 Å². The lowest BCUT2D eigenvalue weighted by Gasteiger charge is -2.34. The van der Waals surface area contributed by atoms with Gasteiger partial charge in [-0.15, -0.1) is 0 Å². The van der Waals surface area contributed by atoms with Gasteiger partial charge in [0.1, 0.15) is 6.61 Å². The number of carbonyl (C=O) groups excluding carboxylic acids is 1. The number of piperazine rings is 1. The molecule has 0 atom stereocenters. The highest BCUT2D eigenvalue weighted by Gasteiger charge is 2.30. The molecule has 1 aromatic rings. The first-order valence-corrected chi connectivity index (χ1v) is 10.9. The molecule has 1 aromatic carbocycles. The highest BCUT2D eigenvalue weighted by Crippen LogP contribution is 2.22. The van der Waals surface area contributed by atoms with Gasteiger partial charge in [-0.05, 0) is 31.0 Å². The van der Waals surface area contributed by atoms with E-state index in [-0.39, 0.29) is 36.6 Å². The van der Waals surface area contributed by atoms with E-state index in [0.29, 0.717) is 18.1 Å². The highest BCUT2D eigenvalue weighted by atomic mass is 35.5. The number of hydrogen-bond acceptors (Lipinski definition) is 4. The van der Waals surface area contributed by atoms with Crippen LogP contribution in [-0.4, -0.2) is 62.4 Å². The third kappa shape index (κ3) is 4.76. The van der Waals surface area contributed by atoms with Crippen LogP contribution in [0.1, 0.15) is 32.1 Å². The summed E-state index contributed by atoms with van der Waals surface area (Å²) in [6.45, 7) is 1.42. The predicted octanol–water partition coefficient (Wildman–Crippen LogP) is 2.52. The number of halogens is 1. The molecule has 0 N–H and O–H groups in total. The Morgan fingerprint density at radius 2 is 1.81 bits per heavy atom. The molecule has 8 heteroatoms. The zero-order valence-electron chi connectivity index (χ0n) is 14.8. The summed E-state index contributed by atoms with van der Waals surface area (Å²) in [5.74, 6) is -0.0598. The second-order valence-electron chi connectivity index (χ2n) is 6.81. The molecule has 1 saturated carbocycles. The molecule has 0 unspecified atom stereocenters. The first-order chi connectivity index (χ1) is 12.5. The van der Waals surface area contributed by atoms with Crippen molar-refractivity contribution in [3.05, 3.63) is 29.3 Å². The van der Waals surface area contributed by atoms with Gasteiger partial charge in [0.05, 0.1) is 11.0 Å². The Bertz CT molecular complexity index is 726. The van der Waals surface area contributed by atoms with Crippen LogP contribution in [0.4, 0.5) is 0 Å². The SMILES string of the molecule is O=C(COC1CCCCC1)N1CCN(S(=O)(=O)c2cccc(Cl)c2)CC1. The minimum Gasteiger partial charge on any atom is -0.368 e. The first-order valence-electron chi connectivity index (χ1n) is 9.12. The topological polar surface area (TPSA) is 66.9 Å². The number of ether oxygens (including phenoxy) is 1. The summed E-state index contributed by atoms with van der Waals surface area (Å²) in [5.41, 5.74) is 0. The lowest BCUT2D eigenvalue weighted by Crippen LogP contribution is -2.51. The van der Waals surface area contributed by atoms with Gasteiger partial charge in [-0.25, -0.2) is 8.42 Å². The number of rotatable bonds is 5. The van der Waals surface area contributed by atoms with E-state index in [9.17, 15) is 13.2 Å². The minimum absolute atomic E-state index is 0.0598. The van der Waals surface area contributed by atoms with E-state index in [2.05, 4.69) is 0 Å². The zero-order chi connectivity index (χ0) is 18.6. The van der Waals surface area contributed by atoms with Crippen LogP contribution in [0, 0.1) is 0 Å². The van der Waals surface area contributed by atoms with Crippen molar-refractivity contribution in [3.8, 4) is 0 Å². The van der Waals surface area contributed by atoms with Gasteiger partial charge in [0, 0.05) is 31.2 Å². The molecular weight excluding hydrogens is 376 g/mol. The molecule has 26 heavy (non-hydrogen) atoms. The third-order valence-corrected chi connectivity index (χ3v) is 7.15. The molecule has 6 nitrogen and oxygen atoms in total. The van der Waals surface area contributed by atoms with E-state index in [1.165, 1.54) is 35.7 Å². The fraction of sp³-hybridized carbons (Fsp3) is 0.611. The summed E-state index contributed by atoms with van der Waals surface area (Å²) in [4.78, 5) is 14.2. The molecule has 2 aliphatic rings. The molecule has 2 fully saturated rings. The average molecular weight is 401 g/mol. The first kappa shape index (κ1) is 19.6. The van der Waals surface area contributed by atoms with Gasteiger partial charge in [0.25, 0.3) is 0 Å². The maximum Gasteiger partial charge on any atom is 0.248 e. The third-order valence-electron chi connectivity index (χ3n) is 5.02. The van der Waals surface area contributed by atoms with Crippen molar-refractivity contribution in [2.75, 3.05) is 32.8 Å². The van der Waals surface area contributed by atoms with Crippen LogP contribution in [0.3, 0.4) is 0 Å². The van der Waals surface area contributed by atoms with E-state index in [4.69, 9.17) is 16.3 Å². The largest absolute Gasteiger partial charge is 0.368 e. The molecule has 0 radical (unpaired) electrons. The van der Waals surface area contributed by atoms with Crippen molar-refractivity contribution >= 4 is 27.5 Å². The van der Waals surface area contributed by atoms with Gasteiger partial charge < -0.3 is 9.64 Å². The molecule has 1 heterocycles. The lowest BCUT2D eigenvalue weighted by molar-refractivity contribution is -0.140. The maximum absolute atomic E-state index is 12.7. The molecule has 0 spiro atoms. The van der Waals surface area contributed by atoms with E-state index < -0.39 is 10.0 Å². The van der Waals surface area contributed by atoms with Gasteiger partial charge in [-0.1, -0.05) is 36.9 Å².